The number of nitrogens with zero attached hydrogens (tertiary/aromatic N) is 4. The van der Waals surface area contributed by atoms with Gasteiger partial charge in [0.25, 0.3) is 5.91 Å². The van der Waals surface area contributed by atoms with Crippen LogP contribution in [0.25, 0.3) is 11.0 Å². The summed E-state index contributed by atoms with van der Waals surface area (Å²) in [4.78, 5) is 41.4. The molecule has 0 saturated heterocycles. The molecule has 4 N–H and O–H groups in total. The Labute approximate surface area is 210 Å². The summed E-state index contributed by atoms with van der Waals surface area (Å²) in [6.07, 6.45) is 0.931. The lowest BCUT2D eigenvalue weighted by molar-refractivity contribution is 0.0526. The summed E-state index contributed by atoms with van der Waals surface area (Å²) in [6.45, 7) is 12.6. The number of nitrogens with two attached hydrogens (primary N) is 1. The third kappa shape index (κ3) is 6.41. The van der Waals surface area contributed by atoms with Gasteiger partial charge in [0.1, 0.15) is 11.3 Å². The first-order chi connectivity index (χ1) is 16.9. The van der Waals surface area contributed by atoms with Gasteiger partial charge in [-0.2, -0.15) is 5.10 Å². The smallest absolute Gasteiger partial charge is 0.407 e. The van der Waals surface area contributed by atoms with Crippen molar-refractivity contribution in [3.8, 4) is 0 Å². The van der Waals surface area contributed by atoms with Crippen LogP contribution in [-0.2, 0) is 17.8 Å². The number of hydrogen-bond donors (Lipinski definition) is 3. The zero-order valence-corrected chi connectivity index (χ0v) is 21.8. The van der Waals surface area contributed by atoms with E-state index >= 15 is 0 Å². The Bertz CT molecular complexity index is 1280. The maximum absolute atomic E-state index is 13.1. The van der Waals surface area contributed by atoms with Crippen molar-refractivity contribution in [1.29, 1.82) is 0 Å². The number of alkyl carbamates (subject to hydrolysis) is 1. The number of amides is 3. The van der Waals surface area contributed by atoms with Crippen LogP contribution in [0.2, 0.25) is 0 Å². The topological polar surface area (TPSA) is 146 Å². The number of rotatable bonds is 9. The first kappa shape index (κ1) is 26.7. The van der Waals surface area contributed by atoms with E-state index in [1.54, 1.807) is 22.9 Å². The van der Waals surface area contributed by atoms with Gasteiger partial charge >= 0.3 is 6.09 Å². The molecule has 0 bridgehead atoms. The van der Waals surface area contributed by atoms with Gasteiger partial charge in [-0.05, 0) is 78.1 Å². The van der Waals surface area contributed by atoms with Crippen LogP contribution >= 0.6 is 0 Å². The average molecular weight is 498 g/mol. The molecule has 3 rings (SSSR count). The molecule has 0 aliphatic rings. The quantitative estimate of drug-likeness (QED) is 0.386. The van der Waals surface area contributed by atoms with Crippen LogP contribution in [0, 0.1) is 13.8 Å². The Balaban J connectivity index is 1.82. The number of benzene rings is 1. The van der Waals surface area contributed by atoms with E-state index in [0.29, 0.717) is 55.2 Å². The average Bonchev–Trinajstić information content (AvgIpc) is 3.32. The van der Waals surface area contributed by atoms with E-state index in [1.165, 1.54) is 0 Å². The summed E-state index contributed by atoms with van der Waals surface area (Å²) in [5.41, 5.74) is 8.64. The number of carbonyl (C=O) groups excluding carboxylic acids is 3. The van der Waals surface area contributed by atoms with E-state index in [9.17, 15) is 14.4 Å². The van der Waals surface area contributed by atoms with Crippen LogP contribution in [0.5, 0.6) is 0 Å². The highest BCUT2D eigenvalue weighted by Gasteiger charge is 2.20. The van der Waals surface area contributed by atoms with E-state index in [-0.39, 0.29) is 5.91 Å². The summed E-state index contributed by atoms with van der Waals surface area (Å²) >= 11 is 0. The van der Waals surface area contributed by atoms with Crippen molar-refractivity contribution in [3.63, 3.8) is 0 Å². The molecule has 2 heterocycles. The number of hydrogen-bond acceptors (Lipinski definition) is 6. The standard InChI is InChI=1S/C25H35N7O4/c1-7-32-19(13-16(3)30-32)22(34)29-23-28-18-14-17(21(26)33)12-15(2)20(18)31(23)11-9-8-10-27-24(35)36-25(4,5)6/h12-14H,7-11H2,1-6H3,(H2,26,33)(H,27,35)(H,28,29,34). The Morgan fingerprint density at radius 3 is 2.47 bits per heavy atom. The van der Waals surface area contributed by atoms with E-state index in [0.717, 1.165) is 16.8 Å². The molecule has 3 amide bonds. The predicted molar refractivity (Wildman–Crippen MR) is 137 cm³/mol. The third-order valence-electron chi connectivity index (χ3n) is 5.45. The van der Waals surface area contributed by atoms with Crippen molar-refractivity contribution >= 4 is 34.9 Å². The highest BCUT2D eigenvalue weighted by atomic mass is 16.6. The molecule has 0 saturated carbocycles. The zero-order chi connectivity index (χ0) is 26.6. The van der Waals surface area contributed by atoms with Gasteiger partial charge in [0.2, 0.25) is 11.9 Å². The summed E-state index contributed by atoms with van der Waals surface area (Å²) < 4.78 is 8.81. The van der Waals surface area contributed by atoms with E-state index in [2.05, 4.69) is 20.7 Å². The monoisotopic (exact) mass is 497 g/mol. The molecule has 3 aromatic rings. The van der Waals surface area contributed by atoms with E-state index < -0.39 is 17.6 Å². The van der Waals surface area contributed by atoms with E-state index in [1.807, 2.05) is 46.1 Å². The van der Waals surface area contributed by atoms with Crippen LogP contribution in [-0.4, -0.2) is 49.4 Å². The molecule has 0 unspecified atom stereocenters. The van der Waals surface area contributed by atoms with Crippen molar-refractivity contribution < 1.29 is 19.1 Å². The van der Waals surface area contributed by atoms with Gasteiger partial charge in [0.15, 0.2) is 0 Å². The second-order valence-electron chi connectivity index (χ2n) is 9.69. The van der Waals surface area contributed by atoms with Gasteiger partial charge in [-0.3, -0.25) is 19.6 Å². The molecule has 194 valence electrons. The van der Waals surface area contributed by atoms with Crippen molar-refractivity contribution in [2.75, 3.05) is 11.9 Å². The first-order valence-electron chi connectivity index (χ1n) is 12.0. The molecule has 0 aliphatic carbocycles. The summed E-state index contributed by atoms with van der Waals surface area (Å²) in [5, 5.41) is 10.0. The fourth-order valence-electron chi connectivity index (χ4n) is 3.97. The molecule has 11 nitrogen and oxygen atoms in total. The molecule has 1 aromatic carbocycles. The van der Waals surface area contributed by atoms with Gasteiger partial charge < -0.3 is 20.4 Å². The normalized spacial score (nSPS) is 11.5. The Morgan fingerprint density at radius 2 is 1.83 bits per heavy atom. The number of imidazole rings is 1. The minimum atomic E-state index is -0.556. The van der Waals surface area contributed by atoms with Gasteiger partial charge in [-0.1, -0.05) is 0 Å². The van der Waals surface area contributed by atoms with Crippen molar-refractivity contribution in [2.24, 2.45) is 5.73 Å². The molecule has 0 fully saturated rings. The fraction of sp³-hybridized carbons (Fsp3) is 0.480. The number of aryl methyl sites for hydroxylation is 4. The van der Waals surface area contributed by atoms with E-state index in [4.69, 9.17) is 10.5 Å². The zero-order valence-electron chi connectivity index (χ0n) is 21.8. The second-order valence-corrected chi connectivity index (χ2v) is 9.69. The van der Waals surface area contributed by atoms with Crippen LogP contribution in [0.3, 0.4) is 0 Å². The molecule has 2 aromatic heterocycles. The Morgan fingerprint density at radius 1 is 1.11 bits per heavy atom. The third-order valence-corrected chi connectivity index (χ3v) is 5.45. The number of primary amides is 1. The first-order valence-corrected chi connectivity index (χ1v) is 12.0. The van der Waals surface area contributed by atoms with Crippen molar-refractivity contribution in [2.45, 2.75) is 73.1 Å². The molecule has 36 heavy (non-hydrogen) atoms. The van der Waals surface area contributed by atoms with Crippen LogP contribution in [0.1, 0.15) is 72.6 Å². The maximum Gasteiger partial charge on any atom is 0.407 e. The van der Waals surface area contributed by atoms with Crippen molar-refractivity contribution in [3.05, 3.63) is 40.7 Å². The molecule has 0 aliphatic heterocycles. The largest absolute Gasteiger partial charge is 0.444 e. The lowest BCUT2D eigenvalue weighted by atomic mass is 10.1. The van der Waals surface area contributed by atoms with Gasteiger partial charge in [0.05, 0.1) is 16.7 Å². The predicted octanol–water partition coefficient (Wildman–Crippen LogP) is 3.53. The molecular formula is C25H35N7O4. The number of carbonyl (C=O) groups is 3. The Hall–Kier alpha value is -3.89. The molecule has 11 heteroatoms. The summed E-state index contributed by atoms with van der Waals surface area (Å²) in [6, 6.07) is 5.07. The maximum atomic E-state index is 13.1. The van der Waals surface area contributed by atoms with Crippen LogP contribution in [0.15, 0.2) is 18.2 Å². The van der Waals surface area contributed by atoms with Gasteiger partial charge in [0, 0.05) is 25.2 Å². The number of ether oxygens (including phenoxy) is 1. The van der Waals surface area contributed by atoms with Crippen LogP contribution < -0.4 is 16.4 Å². The Kier molecular flexibility index (Phi) is 8.01. The minimum Gasteiger partial charge on any atom is -0.444 e. The van der Waals surface area contributed by atoms with Gasteiger partial charge in [-0.25, -0.2) is 9.78 Å². The molecule has 0 radical (unpaired) electrons. The van der Waals surface area contributed by atoms with Crippen LogP contribution in [0.4, 0.5) is 10.7 Å². The highest BCUT2D eigenvalue weighted by Crippen LogP contribution is 2.26. The van der Waals surface area contributed by atoms with Crippen molar-refractivity contribution in [1.82, 2.24) is 24.6 Å². The molecular weight excluding hydrogens is 462 g/mol. The SMILES string of the molecule is CCn1nc(C)cc1C(=O)Nc1nc2cc(C(N)=O)cc(C)c2n1CCCCNC(=O)OC(C)(C)C. The number of aromatic nitrogens is 4. The minimum absolute atomic E-state index is 0.326. The fourth-order valence-corrected chi connectivity index (χ4v) is 3.97. The number of fused-ring (bicyclic) bond motifs is 1. The summed E-state index contributed by atoms with van der Waals surface area (Å²) in [5.74, 6) is -0.509. The molecule has 0 atom stereocenters. The molecule has 0 spiro atoms. The number of unbranched alkanes of at least 4 members (excludes halogenated alkanes) is 1. The second kappa shape index (κ2) is 10.8. The highest BCUT2D eigenvalue weighted by molar-refractivity contribution is 6.03. The van der Waals surface area contributed by atoms with Gasteiger partial charge in [-0.15, -0.1) is 0 Å². The lowest BCUT2D eigenvalue weighted by Crippen LogP contribution is -2.33. The lowest BCUT2D eigenvalue weighted by Gasteiger charge is -2.19. The number of anilines is 1. The summed E-state index contributed by atoms with van der Waals surface area (Å²) in [7, 11) is 0. The number of nitrogens with one attached hydrogen (secondary N) is 2.